The summed E-state index contributed by atoms with van der Waals surface area (Å²) in [5.41, 5.74) is 1.30. The summed E-state index contributed by atoms with van der Waals surface area (Å²) in [6, 6.07) is 18.4. The summed E-state index contributed by atoms with van der Waals surface area (Å²) in [4.78, 5) is 16.4. The van der Waals surface area contributed by atoms with Crippen molar-refractivity contribution in [1.82, 2.24) is 10.3 Å². The maximum absolute atomic E-state index is 12.8. The molecule has 1 amide bonds. The molecule has 0 aliphatic rings. The number of hydrogen-bond acceptors (Lipinski definition) is 4. The SMILES string of the molecule is CC(NC(=O)c1ccccc1NS(=O)(=O)c1cccnc1Cl)c1ccccc1. The normalized spacial score (nSPS) is 12.2. The van der Waals surface area contributed by atoms with Crippen LogP contribution in [0.3, 0.4) is 0 Å². The number of nitrogens with one attached hydrogen (secondary N) is 2. The zero-order valence-electron chi connectivity index (χ0n) is 15.0. The van der Waals surface area contributed by atoms with Gasteiger partial charge in [0.1, 0.15) is 10.0 Å². The molecule has 0 saturated carbocycles. The number of sulfonamides is 1. The minimum Gasteiger partial charge on any atom is -0.345 e. The molecule has 0 bridgehead atoms. The Balaban J connectivity index is 1.85. The van der Waals surface area contributed by atoms with Crippen molar-refractivity contribution >= 4 is 33.2 Å². The van der Waals surface area contributed by atoms with Gasteiger partial charge in [-0.2, -0.15) is 0 Å². The zero-order chi connectivity index (χ0) is 20.1. The van der Waals surface area contributed by atoms with Crippen molar-refractivity contribution in [3.63, 3.8) is 0 Å². The summed E-state index contributed by atoms with van der Waals surface area (Å²) in [6.07, 6.45) is 1.40. The Morgan fingerprint density at radius 3 is 2.39 bits per heavy atom. The largest absolute Gasteiger partial charge is 0.345 e. The fourth-order valence-corrected chi connectivity index (χ4v) is 4.17. The van der Waals surface area contributed by atoms with Crippen molar-refractivity contribution in [2.24, 2.45) is 0 Å². The lowest BCUT2D eigenvalue weighted by Gasteiger charge is -2.17. The Morgan fingerprint density at radius 2 is 1.68 bits per heavy atom. The molecule has 6 nitrogen and oxygen atoms in total. The maximum Gasteiger partial charge on any atom is 0.264 e. The highest BCUT2D eigenvalue weighted by Crippen LogP contribution is 2.24. The van der Waals surface area contributed by atoms with E-state index in [1.807, 2.05) is 37.3 Å². The highest BCUT2D eigenvalue weighted by Gasteiger charge is 2.22. The van der Waals surface area contributed by atoms with Gasteiger partial charge in [-0.3, -0.25) is 9.52 Å². The van der Waals surface area contributed by atoms with Crippen LogP contribution < -0.4 is 10.0 Å². The van der Waals surface area contributed by atoms with Crippen LogP contribution in [0, 0.1) is 0 Å². The number of para-hydroxylation sites is 1. The Labute approximate surface area is 168 Å². The zero-order valence-corrected chi connectivity index (χ0v) is 16.5. The van der Waals surface area contributed by atoms with Gasteiger partial charge in [0.25, 0.3) is 15.9 Å². The van der Waals surface area contributed by atoms with Crippen molar-refractivity contribution in [2.45, 2.75) is 17.9 Å². The van der Waals surface area contributed by atoms with E-state index in [1.165, 1.54) is 24.4 Å². The lowest BCUT2D eigenvalue weighted by molar-refractivity contribution is 0.0941. The quantitative estimate of drug-likeness (QED) is 0.595. The second-order valence-electron chi connectivity index (χ2n) is 6.05. The van der Waals surface area contributed by atoms with Gasteiger partial charge in [0.15, 0.2) is 0 Å². The van der Waals surface area contributed by atoms with Gasteiger partial charge in [-0.1, -0.05) is 54.1 Å². The monoisotopic (exact) mass is 415 g/mol. The van der Waals surface area contributed by atoms with E-state index in [9.17, 15) is 13.2 Å². The molecule has 0 spiro atoms. The number of amides is 1. The Bertz CT molecular complexity index is 1090. The van der Waals surface area contributed by atoms with Crippen molar-refractivity contribution in [3.8, 4) is 0 Å². The van der Waals surface area contributed by atoms with Crippen molar-refractivity contribution in [2.75, 3.05) is 4.72 Å². The van der Waals surface area contributed by atoms with Crippen LogP contribution in [0.4, 0.5) is 5.69 Å². The number of pyridine rings is 1. The van der Waals surface area contributed by atoms with Gasteiger partial charge in [0.05, 0.1) is 17.3 Å². The van der Waals surface area contributed by atoms with Crippen LogP contribution in [0.25, 0.3) is 0 Å². The molecule has 3 aromatic rings. The Morgan fingerprint density at radius 1 is 1.00 bits per heavy atom. The van der Waals surface area contributed by atoms with E-state index in [2.05, 4.69) is 15.0 Å². The van der Waals surface area contributed by atoms with E-state index in [1.54, 1.807) is 18.2 Å². The average Bonchev–Trinajstić information content (AvgIpc) is 2.69. The lowest BCUT2D eigenvalue weighted by Crippen LogP contribution is -2.28. The molecule has 1 aromatic heterocycles. The molecule has 0 saturated heterocycles. The van der Waals surface area contributed by atoms with Gasteiger partial charge >= 0.3 is 0 Å². The van der Waals surface area contributed by atoms with Crippen LogP contribution in [-0.2, 0) is 10.0 Å². The van der Waals surface area contributed by atoms with Crippen molar-refractivity contribution in [1.29, 1.82) is 0 Å². The molecule has 3 rings (SSSR count). The van der Waals surface area contributed by atoms with Crippen molar-refractivity contribution in [3.05, 3.63) is 89.2 Å². The van der Waals surface area contributed by atoms with E-state index < -0.39 is 15.9 Å². The Kier molecular flexibility index (Phi) is 5.96. The molecule has 1 unspecified atom stereocenters. The van der Waals surface area contributed by atoms with Gasteiger partial charge in [0, 0.05) is 6.20 Å². The summed E-state index contributed by atoms with van der Waals surface area (Å²) in [5, 5.41) is 2.73. The van der Waals surface area contributed by atoms with Gasteiger partial charge in [0.2, 0.25) is 0 Å². The number of benzene rings is 2. The van der Waals surface area contributed by atoms with Crippen LogP contribution in [0.15, 0.2) is 77.8 Å². The van der Waals surface area contributed by atoms with Crippen LogP contribution >= 0.6 is 11.6 Å². The first-order chi connectivity index (χ1) is 13.4. The maximum atomic E-state index is 12.8. The summed E-state index contributed by atoms with van der Waals surface area (Å²) in [7, 11) is -4.01. The first-order valence-electron chi connectivity index (χ1n) is 8.46. The molecule has 2 aromatic carbocycles. The molecule has 0 aliphatic heterocycles. The van der Waals surface area contributed by atoms with Crippen LogP contribution in [-0.4, -0.2) is 19.3 Å². The summed E-state index contributed by atoms with van der Waals surface area (Å²) in [6.45, 7) is 1.86. The summed E-state index contributed by atoms with van der Waals surface area (Å²) >= 11 is 5.90. The predicted molar refractivity (Wildman–Crippen MR) is 109 cm³/mol. The van der Waals surface area contributed by atoms with E-state index in [-0.39, 0.29) is 27.3 Å². The molecule has 144 valence electrons. The molecule has 0 radical (unpaired) electrons. The summed E-state index contributed by atoms with van der Waals surface area (Å²) in [5.74, 6) is -0.396. The van der Waals surface area contributed by atoms with Crippen LogP contribution in [0.1, 0.15) is 28.9 Å². The fraction of sp³-hybridized carbons (Fsp3) is 0.100. The topological polar surface area (TPSA) is 88.2 Å². The lowest BCUT2D eigenvalue weighted by atomic mass is 10.1. The van der Waals surface area contributed by atoms with Crippen LogP contribution in [0.2, 0.25) is 5.15 Å². The molecule has 0 fully saturated rings. The van der Waals surface area contributed by atoms with Gasteiger partial charge < -0.3 is 5.32 Å². The number of carbonyl (C=O) groups excluding carboxylic acids is 1. The standard InChI is InChI=1S/C20H18ClN3O3S/c1-14(15-8-3-2-4-9-15)23-20(25)16-10-5-6-11-17(16)24-28(26,27)18-12-7-13-22-19(18)21/h2-14,24H,1H3,(H,23,25). The molecular formula is C20H18ClN3O3S. The number of halogens is 1. The molecule has 1 atom stereocenters. The van der Waals surface area contributed by atoms with E-state index >= 15 is 0 Å². The second-order valence-corrected chi connectivity index (χ2v) is 8.06. The smallest absolute Gasteiger partial charge is 0.264 e. The number of anilines is 1. The van der Waals surface area contributed by atoms with Gasteiger partial charge in [-0.05, 0) is 36.8 Å². The number of hydrogen-bond donors (Lipinski definition) is 2. The highest BCUT2D eigenvalue weighted by molar-refractivity contribution is 7.92. The first-order valence-corrected chi connectivity index (χ1v) is 10.3. The predicted octanol–water partition coefficient (Wildman–Crippen LogP) is 4.03. The fourth-order valence-electron chi connectivity index (χ4n) is 2.64. The third-order valence-electron chi connectivity index (χ3n) is 4.08. The molecule has 1 heterocycles. The van der Waals surface area contributed by atoms with Gasteiger partial charge in [-0.25, -0.2) is 13.4 Å². The van der Waals surface area contributed by atoms with E-state index in [0.29, 0.717) is 0 Å². The number of nitrogens with zero attached hydrogens (tertiary/aromatic N) is 1. The highest BCUT2D eigenvalue weighted by atomic mass is 35.5. The first kappa shape index (κ1) is 19.9. The second kappa shape index (κ2) is 8.41. The Hall–Kier alpha value is -2.90. The number of carbonyl (C=O) groups is 1. The minimum atomic E-state index is -4.01. The molecule has 0 aliphatic carbocycles. The van der Waals surface area contributed by atoms with E-state index in [4.69, 9.17) is 11.6 Å². The number of aromatic nitrogens is 1. The van der Waals surface area contributed by atoms with Gasteiger partial charge in [-0.15, -0.1) is 0 Å². The molecule has 28 heavy (non-hydrogen) atoms. The minimum absolute atomic E-state index is 0.144. The number of rotatable bonds is 6. The van der Waals surface area contributed by atoms with Crippen LogP contribution in [0.5, 0.6) is 0 Å². The third kappa shape index (κ3) is 4.49. The molecule has 8 heteroatoms. The summed E-state index contributed by atoms with van der Waals surface area (Å²) < 4.78 is 27.8. The molecular weight excluding hydrogens is 398 g/mol. The third-order valence-corrected chi connectivity index (χ3v) is 5.89. The molecule has 2 N–H and O–H groups in total. The van der Waals surface area contributed by atoms with Crippen molar-refractivity contribution < 1.29 is 13.2 Å². The van der Waals surface area contributed by atoms with E-state index in [0.717, 1.165) is 5.56 Å². The average molecular weight is 416 g/mol.